The van der Waals surface area contributed by atoms with Gasteiger partial charge in [-0.3, -0.25) is 9.59 Å². The van der Waals surface area contributed by atoms with Crippen LogP contribution in [-0.2, 0) is 19.1 Å². The van der Waals surface area contributed by atoms with Crippen molar-refractivity contribution in [3.63, 3.8) is 0 Å². The topological polar surface area (TPSA) is 64.6 Å². The third kappa shape index (κ3) is 4.29. The summed E-state index contributed by atoms with van der Waals surface area (Å²) in [7, 11) is 0. The summed E-state index contributed by atoms with van der Waals surface area (Å²) in [6.07, 6.45) is 1.76. The Morgan fingerprint density at radius 2 is 2.00 bits per heavy atom. The van der Waals surface area contributed by atoms with E-state index in [2.05, 4.69) is 5.32 Å². The molecule has 18 heavy (non-hydrogen) atoms. The molecule has 0 bridgehead atoms. The van der Waals surface area contributed by atoms with Gasteiger partial charge in [0.25, 0.3) is 0 Å². The Morgan fingerprint density at radius 1 is 1.33 bits per heavy atom. The first kappa shape index (κ1) is 15.0. The average Bonchev–Trinajstić information content (AvgIpc) is 2.68. The molecule has 0 amide bonds. The van der Waals surface area contributed by atoms with Crippen molar-refractivity contribution in [2.24, 2.45) is 5.92 Å². The fourth-order valence-corrected chi connectivity index (χ4v) is 2.02. The number of hydrogen-bond donors (Lipinski definition) is 1. The third-order valence-corrected chi connectivity index (χ3v) is 2.70. The van der Waals surface area contributed by atoms with Crippen LogP contribution in [0, 0.1) is 5.92 Å². The standard InChI is InChI=1S/C13H23NO4/c1-5-17-11(15)10(9-7-6-8-14-9)12(16)18-13(2,3)4/h9-10,14H,5-8H2,1-4H3/t9-,10-/m0/s1. The average molecular weight is 257 g/mol. The largest absolute Gasteiger partial charge is 0.465 e. The Bertz CT molecular complexity index is 303. The molecule has 1 fully saturated rings. The fourth-order valence-electron chi connectivity index (χ4n) is 2.02. The van der Waals surface area contributed by atoms with Crippen LogP contribution < -0.4 is 5.32 Å². The molecule has 1 N–H and O–H groups in total. The maximum absolute atomic E-state index is 12.1. The molecular weight excluding hydrogens is 234 g/mol. The summed E-state index contributed by atoms with van der Waals surface area (Å²) in [5, 5.41) is 3.16. The lowest BCUT2D eigenvalue weighted by atomic mass is 9.98. The van der Waals surface area contributed by atoms with Crippen LogP contribution in [0.4, 0.5) is 0 Å². The third-order valence-electron chi connectivity index (χ3n) is 2.70. The lowest BCUT2D eigenvalue weighted by molar-refractivity contribution is -0.170. The lowest BCUT2D eigenvalue weighted by Crippen LogP contribution is -2.44. The molecule has 0 aromatic rings. The molecule has 5 nitrogen and oxygen atoms in total. The predicted molar refractivity (Wildman–Crippen MR) is 67.0 cm³/mol. The van der Waals surface area contributed by atoms with Crippen molar-refractivity contribution in [1.82, 2.24) is 5.32 Å². The second-order valence-electron chi connectivity index (χ2n) is 5.47. The second kappa shape index (κ2) is 6.18. The molecule has 0 radical (unpaired) electrons. The molecule has 5 heteroatoms. The van der Waals surface area contributed by atoms with Crippen LogP contribution in [0.3, 0.4) is 0 Å². The highest BCUT2D eigenvalue weighted by Gasteiger charge is 2.40. The Labute approximate surface area is 108 Å². The van der Waals surface area contributed by atoms with Crippen molar-refractivity contribution < 1.29 is 19.1 Å². The molecule has 1 aliphatic rings. The van der Waals surface area contributed by atoms with Gasteiger partial charge >= 0.3 is 11.9 Å². The number of hydrogen-bond acceptors (Lipinski definition) is 5. The minimum Gasteiger partial charge on any atom is -0.465 e. The van der Waals surface area contributed by atoms with Crippen LogP contribution in [0.1, 0.15) is 40.5 Å². The second-order valence-corrected chi connectivity index (χ2v) is 5.47. The van der Waals surface area contributed by atoms with Gasteiger partial charge in [0, 0.05) is 6.04 Å². The highest BCUT2D eigenvalue weighted by Crippen LogP contribution is 2.21. The summed E-state index contributed by atoms with van der Waals surface area (Å²) < 4.78 is 10.3. The quantitative estimate of drug-likeness (QED) is 0.606. The van der Waals surface area contributed by atoms with Gasteiger partial charge in [-0.2, -0.15) is 0 Å². The van der Waals surface area contributed by atoms with Gasteiger partial charge in [-0.05, 0) is 47.1 Å². The summed E-state index contributed by atoms with van der Waals surface area (Å²) in [6.45, 7) is 8.18. The number of carbonyl (C=O) groups excluding carboxylic acids is 2. The number of esters is 2. The van der Waals surface area contributed by atoms with Gasteiger partial charge in [0.2, 0.25) is 0 Å². The molecule has 0 unspecified atom stereocenters. The zero-order valence-electron chi connectivity index (χ0n) is 11.6. The molecule has 1 saturated heterocycles. The van der Waals surface area contributed by atoms with Crippen LogP contribution in [0.15, 0.2) is 0 Å². The Kier molecular flexibility index (Phi) is 5.14. The number of rotatable bonds is 4. The van der Waals surface area contributed by atoms with Crippen molar-refractivity contribution in [1.29, 1.82) is 0 Å². The van der Waals surface area contributed by atoms with E-state index >= 15 is 0 Å². The molecule has 0 aromatic carbocycles. The highest BCUT2D eigenvalue weighted by atomic mass is 16.6. The number of ether oxygens (including phenoxy) is 2. The maximum atomic E-state index is 12.1. The summed E-state index contributed by atoms with van der Waals surface area (Å²) in [5.74, 6) is -1.85. The van der Waals surface area contributed by atoms with Gasteiger partial charge in [-0.1, -0.05) is 0 Å². The van der Waals surface area contributed by atoms with Gasteiger partial charge in [0.15, 0.2) is 5.92 Å². The molecule has 1 rings (SSSR count). The van der Waals surface area contributed by atoms with E-state index in [1.165, 1.54) is 0 Å². The molecule has 0 spiro atoms. The van der Waals surface area contributed by atoms with Crippen molar-refractivity contribution in [3.05, 3.63) is 0 Å². The van der Waals surface area contributed by atoms with Crippen LogP contribution in [0.2, 0.25) is 0 Å². The van der Waals surface area contributed by atoms with Crippen LogP contribution in [0.5, 0.6) is 0 Å². The van der Waals surface area contributed by atoms with E-state index in [9.17, 15) is 9.59 Å². The highest BCUT2D eigenvalue weighted by molar-refractivity contribution is 5.96. The van der Waals surface area contributed by atoms with Crippen molar-refractivity contribution in [2.45, 2.75) is 52.2 Å². The SMILES string of the molecule is CCOC(=O)[C@@H](C(=O)OC(C)(C)C)[C@@H]1CCCN1. The number of nitrogens with one attached hydrogen (secondary N) is 1. The van der Waals surface area contributed by atoms with E-state index in [0.717, 1.165) is 19.4 Å². The first-order chi connectivity index (χ1) is 8.35. The van der Waals surface area contributed by atoms with E-state index in [1.54, 1.807) is 27.7 Å². The normalized spacial score (nSPS) is 21.4. The molecule has 1 aliphatic heterocycles. The molecule has 0 saturated carbocycles. The van der Waals surface area contributed by atoms with Gasteiger partial charge < -0.3 is 14.8 Å². The molecule has 104 valence electrons. The minimum atomic E-state index is -0.855. The zero-order valence-corrected chi connectivity index (χ0v) is 11.6. The molecule has 2 atom stereocenters. The van der Waals surface area contributed by atoms with Crippen molar-refractivity contribution in [2.75, 3.05) is 13.2 Å². The van der Waals surface area contributed by atoms with Crippen molar-refractivity contribution >= 4 is 11.9 Å². The Morgan fingerprint density at radius 3 is 2.44 bits per heavy atom. The summed E-state index contributed by atoms with van der Waals surface area (Å²) in [4.78, 5) is 24.0. The molecule has 1 heterocycles. The summed E-state index contributed by atoms with van der Waals surface area (Å²) in [6, 6.07) is -0.168. The first-order valence-electron chi connectivity index (χ1n) is 6.48. The van der Waals surface area contributed by atoms with Crippen LogP contribution in [-0.4, -0.2) is 36.7 Å². The zero-order chi connectivity index (χ0) is 13.8. The van der Waals surface area contributed by atoms with Gasteiger partial charge in [0.05, 0.1) is 6.61 Å². The van der Waals surface area contributed by atoms with Crippen LogP contribution >= 0.6 is 0 Å². The predicted octanol–water partition coefficient (Wildman–Crippen LogP) is 1.26. The van der Waals surface area contributed by atoms with E-state index in [0.29, 0.717) is 0 Å². The van der Waals surface area contributed by atoms with Gasteiger partial charge in [0.1, 0.15) is 5.60 Å². The lowest BCUT2D eigenvalue weighted by Gasteiger charge is -2.26. The Balaban J connectivity index is 2.76. The van der Waals surface area contributed by atoms with E-state index in [4.69, 9.17) is 9.47 Å². The maximum Gasteiger partial charge on any atom is 0.322 e. The molecule has 0 aliphatic carbocycles. The summed E-state index contributed by atoms with van der Waals surface area (Å²) in [5.41, 5.74) is -0.597. The molecule has 0 aromatic heterocycles. The monoisotopic (exact) mass is 257 g/mol. The van der Waals surface area contributed by atoms with E-state index in [-0.39, 0.29) is 12.6 Å². The van der Waals surface area contributed by atoms with E-state index in [1.807, 2.05) is 0 Å². The van der Waals surface area contributed by atoms with Crippen molar-refractivity contribution in [3.8, 4) is 0 Å². The summed E-state index contributed by atoms with van der Waals surface area (Å²) >= 11 is 0. The molecular formula is C13H23NO4. The minimum absolute atomic E-state index is 0.168. The Hall–Kier alpha value is -1.10. The first-order valence-corrected chi connectivity index (χ1v) is 6.48. The van der Waals surface area contributed by atoms with E-state index < -0.39 is 23.5 Å². The smallest absolute Gasteiger partial charge is 0.322 e. The number of carbonyl (C=O) groups is 2. The van der Waals surface area contributed by atoms with Crippen LogP contribution in [0.25, 0.3) is 0 Å². The van der Waals surface area contributed by atoms with Gasteiger partial charge in [-0.25, -0.2) is 0 Å². The van der Waals surface area contributed by atoms with Gasteiger partial charge in [-0.15, -0.1) is 0 Å². The fraction of sp³-hybridized carbons (Fsp3) is 0.846.